The number of carbonyl (C=O) groups is 2. The van der Waals surface area contributed by atoms with Crippen LogP contribution in [0.2, 0.25) is 0 Å². The molecule has 0 aliphatic carbocycles. The van der Waals surface area contributed by atoms with E-state index < -0.39 is 0 Å². The van der Waals surface area contributed by atoms with Crippen molar-refractivity contribution in [1.29, 1.82) is 0 Å². The summed E-state index contributed by atoms with van der Waals surface area (Å²) >= 11 is 0. The first-order chi connectivity index (χ1) is 10.2. The van der Waals surface area contributed by atoms with Crippen LogP contribution >= 0.6 is 0 Å². The van der Waals surface area contributed by atoms with E-state index in [0.29, 0.717) is 18.5 Å². The minimum Gasteiger partial charge on any atom is -0.472 e. The molecule has 21 heavy (non-hydrogen) atoms. The highest BCUT2D eigenvalue weighted by molar-refractivity contribution is 6.02. The van der Waals surface area contributed by atoms with Gasteiger partial charge in [0.25, 0.3) is 0 Å². The quantitative estimate of drug-likeness (QED) is 0.850. The summed E-state index contributed by atoms with van der Waals surface area (Å²) in [5.41, 5.74) is 3.40. The van der Waals surface area contributed by atoms with Crippen LogP contribution in [0.5, 0.6) is 0 Å². The standard InChI is InChI=1S/C16H14N2O3/c19-15(5-1-11-7-8-21-10-11)17-13-3-4-14-12(9-13)2-6-16(20)18-14/h1,3-5,7-10H,2,6H2,(H,17,19)(H,18,20)/b5-1+. The molecule has 2 amide bonds. The predicted molar refractivity (Wildman–Crippen MR) is 79.8 cm³/mol. The first kappa shape index (κ1) is 13.2. The van der Waals surface area contributed by atoms with Crippen LogP contribution in [-0.2, 0) is 16.0 Å². The molecule has 3 rings (SSSR count). The SMILES string of the molecule is O=C(/C=C/c1ccoc1)Nc1ccc2c(c1)CCC(=O)N2. The first-order valence-corrected chi connectivity index (χ1v) is 6.65. The Bertz CT molecular complexity index is 702. The summed E-state index contributed by atoms with van der Waals surface area (Å²) in [6.07, 6.45) is 7.41. The molecule has 0 saturated heterocycles. The lowest BCUT2D eigenvalue weighted by Crippen LogP contribution is -2.19. The average Bonchev–Trinajstić information content (AvgIpc) is 2.99. The van der Waals surface area contributed by atoms with Crippen molar-refractivity contribution in [2.24, 2.45) is 0 Å². The topological polar surface area (TPSA) is 71.3 Å². The second-order valence-corrected chi connectivity index (χ2v) is 4.80. The third kappa shape index (κ3) is 3.20. The van der Waals surface area contributed by atoms with E-state index in [1.807, 2.05) is 12.1 Å². The molecule has 0 saturated carbocycles. The highest BCUT2D eigenvalue weighted by atomic mass is 16.3. The molecule has 2 aromatic rings. The molecule has 0 unspecified atom stereocenters. The Labute approximate surface area is 121 Å². The molecule has 0 atom stereocenters. The van der Waals surface area contributed by atoms with Gasteiger partial charge in [-0.2, -0.15) is 0 Å². The van der Waals surface area contributed by atoms with E-state index in [-0.39, 0.29) is 11.8 Å². The van der Waals surface area contributed by atoms with Crippen molar-refractivity contribution in [2.45, 2.75) is 12.8 Å². The van der Waals surface area contributed by atoms with E-state index in [1.165, 1.54) is 6.08 Å². The molecule has 0 radical (unpaired) electrons. The normalized spacial score (nSPS) is 13.8. The van der Waals surface area contributed by atoms with Gasteiger partial charge in [0.1, 0.15) is 0 Å². The predicted octanol–water partition coefficient (Wildman–Crippen LogP) is 2.82. The number of amides is 2. The molecule has 0 bridgehead atoms. The number of rotatable bonds is 3. The Kier molecular flexibility index (Phi) is 3.55. The van der Waals surface area contributed by atoms with Crippen LogP contribution in [0.25, 0.3) is 6.08 Å². The van der Waals surface area contributed by atoms with Crippen LogP contribution in [0.3, 0.4) is 0 Å². The van der Waals surface area contributed by atoms with E-state index in [4.69, 9.17) is 4.42 Å². The maximum absolute atomic E-state index is 11.8. The minimum absolute atomic E-state index is 0.0299. The number of nitrogens with one attached hydrogen (secondary N) is 2. The summed E-state index contributed by atoms with van der Waals surface area (Å²) in [6, 6.07) is 7.24. The van der Waals surface area contributed by atoms with E-state index in [0.717, 1.165) is 16.8 Å². The van der Waals surface area contributed by atoms with Gasteiger partial charge in [0, 0.05) is 29.4 Å². The maximum Gasteiger partial charge on any atom is 0.248 e. The fraction of sp³-hybridized carbons (Fsp3) is 0.125. The second kappa shape index (κ2) is 5.66. The van der Waals surface area contributed by atoms with Gasteiger partial charge in [-0.15, -0.1) is 0 Å². The molecule has 1 aliphatic heterocycles. The number of anilines is 2. The van der Waals surface area contributed by atoms with E-state index >= 15 is 0 Å². The Balaban J connectivity index is 1.68. The lowest BCUT2D eigenvalue weighted by molar-refractivity contribution is -0.116. The highest BCUT2D eigenvalue weighted by Crippen LogP contribution is 2.25. The summed E-state index contributed by atoms with van der Waals surface area (Å²) in [6.45, 7) is 0. The Morgan fingerprint density at radius 2 is 2.19 bits per heavy atom. The van der Waals surface area contributed by atoms with Crippen LogP contribution in [-0.4, -0.2) is 11.8 Å². The van der Waals surface area contributed by atoms with Crippen LogP contribution in [0.1, 0.15) is 17.5 Å². The maximum atomic E-state index is 11.8. The van der Waals surface area contributed by atoms with Gasteiger partial charge < -0.3 is 15.1 Å². The van der Waals surface area contributed by atoms with Gasteiger partial charge >= 0.3 is 0 Å². The summed E-state index contributed by atoms with van der Waals surface area (Å²) in [5.74, 6) is -0.182. The zero-order valence-corrected chi connectivity index (χ0v) is 11.3. The first-order valence-electron chi connectivity index (χ1n) is 6.65. The molecule has 0 spiro atoms. The Morgan fingerprint density at radius 3 is 3.00 bits per heavy atom. The van der Waals surface area contributed by atoms with Crippen LogP contribution in [0.15, 0.2) is 47.3 Å². The van der Waals surface area contributed by atoms with E-state index in [9.17, 15) is 9.59 Å². The fourth-order valence-corrected chi connectivity index (χ4v) is 2.19. The monoisotopic (exact) mass is 282 g/mol. The lowest BCUT2D eigenvalue weighted by Gasteiger charge is -2.17. The van der Waals surface area contributed by atoms with Gasteiger partial charge in [0.15, 0.2) is 0 Å². The zero-order valence-electron chi connectivity index (χ0n) is 11.3. The van der Waals surface area contributed by atoms with Crippen LogP contribution < -0.4 is 10.6 Å². The van der Waals surface area contributed by atoms with Gasteiger partial charge in [-0.1, -0.05) is 0 Å². The van der Waals surface area contributed by atoms with Crippen molar-refractivity contribution < 1.29 is 14.0 Å². The summed E-state index contributed by atoms with van der Waals surface area (Å²) in [5, 5.41) is 5.60. The van der Waals surface area contributed by atoms with Crippen molar-refractivity contribution in [3.05, 3.63) is 54.0 Å². The number of hydrogen-bond acceptors (Lipinski definition) is 3. The Morgan fingerprint density at radius 1 is 1.29 bits per heavy atom. The van der Waals surface area contributed by atoms with E-state index in [2.05, 4.69) is 10.6 Å². The number of fused-ring (bicyclic) bond motifs is 1. The van der Waals surface area contributed by atoms with Crippen molar-refractivity contribution in [3.8, 4) is 0 Å². The van der Waals surface area contributed by atoms with Gasteiger partial charge in [-0.25, -0.2) is 0 Å². The third-order valence-electron chi connectivity index (χ3n) is 3.24. The summed E-state index contributed by atoms with van der Waals surface area (Å²) < 4.78 is 4.92. The van der Waals surface area contributed by atoms with Gasteiger partial charge in [0.2, 0.25) is 11.8 Å². The molecule has 5 nitrogen and oxygen atoms in total. The third-order valence-corrected chi connectivity index (χ3v) is 3.24. The number of hydrogen-bond donors (Lipinski definition) is 2. The number of carbonyl (C=O) groups excluding carboxylic acids is 2. The van der Waals surface area contributed by atoms with Crippen molar-refractivity contribution in [1.82, 2.24) is 0 Å². The van der Waals surface area contributed by atoms with Gasteiger partial charge in [-0.3, -0.25) is 9.59 Å². The van der Waals surface area contributed by atoms with Crippen molar-refractivity contribution in [3.63, 3.8) is 0 Å². The van der Waals surface area contributed by atoms with Crippen molar-refractivity contribution >= 4 is 29.3 Å². The molecular formula is C16H14N2O3. The fourth-order valence-electron chi connectivity index (χ4n) is 2.19. The van der Waals surface area contributed by atoms with Crippen LogP contribution in [0.4, 0.5) is 11.4 Å². The largest absolute Gasteiger partial charge is 0.472 e. The number of furan rings is 1. The molecule has 0 fully saturated rings. The van der Waals surface area contributed by atoms with Crippen molar-refractivity contribution in [2.75, 3.05) is 10.6 Å². The molecule has 1 aliphatic rings. The molecule has 5 heteroatoms. The lowest BCUT2D eigenvalue weighted by atomic mass is 10.0. The van der Waals surface area contributed by atoms with Crippen LogP contribution in [0, 0.1) is 0 Å². The average molecular weight is 282 g/mol. The zero-order chi connectivity index (χ0) is 14.7. The molecule has 1 aromatic heterocycles. The molecule has 1 aromatic carbocycles. The molecular weight excluding hydrogens is 268 g/mol. The summed E-state index contributed by atoms with van der Waals surface area (Å²) in [4.78, 5) is 23.1. The summed E-state index contributed by atoms with van der Waals surface area (Å²) in [7, 11) is 0. The Hall–Kier alpha value is -2.82. The molecule has 2 heterocycles. The minimum atomic E-state index is -0.212. The smallest absolute Gasteiger partial charge is 0.248 e. The van der Waals surface area contributed by atoms with Gasteiger partial charge in [-0.05, 0) is 42.3 Å². The van der Waals surface area contributed by atoms with E-state index in [1.54, 1.807) is 30.7 Å². The molecule has 2 N–H and O–H groups in total. The number of benzene rings is 1. The molecule has 106 valence electrons. The number of aryl methyl sites for hydroxylation is 1. The van der Waals surface area contributed by atoms with Gasteiger partial charge in [0.05, 0.1) is 12.5 Å². The second-order valence-electron chi connectivity index (χ2n) is 4.80. The highest BCUT2D eigenvalue weighted by Gasteiger charge is 2.14.